The minimum absolute atomic E-state index is 0.0420. The third-order valence-electron chi connectivity index (χ3n) is 3.77. The summed E-state index contributed by atoms with van der Waals surface area (Å²) in [7, 11) is 1.65. The van der Waals surface area contributed by atoms with Gasteiger partial charge in [0.2, 0.25) is 0 Å². The molecule has 0 atom stereocenters. The van der Waals surface area contributed by atoms with Gasteiger partial charge in [0.05, 0.1) is 5.56 Å². The molecule has 3 aromatic carbocycles. The first-order valence-corrected chi connectivity index (χ1v) is 7.26. The summed E-state index contributed by atoms with van der Waals surface area (Å²) in [5.74, 6) is -0.632. The van der Waals surface area contributed by atoms with Crippen LogP contribution in [0.25, 0.3) is 10.8 Å². The fraction of sp³-hybridized carbons (Fsp3) is 0.105. The maximum Gasteiger partial charge on any atom is 0.257 e. The lowest BCUT2D eigenvalue weighted by molar-refractivity contribution is 0.0782. The first kappa shape index (κ1) is 15.0. The number of rotatable bonds is 3. The zero-order valence-corrected chi connectivity index (χ0v) is 12.7. The van der Waals surface area contributed by atoms with E-state index in [0.29, 0.717) is 6.54 Å². The normalized spacial score (nSPS) is 10.7. The van der Waals surface area contributed by atoms with Gasteiger partial charge in [-0.3, -0.25) is 4.79 Å². The molecule has 0 aliphatic heterocycles. The summed E-state index contributed by atoms with van der Waals surface area (Å²) in [6.07, 6.45) is 0. The van der Waals surface area contributed by atoms with Crippen molar-refractivity contribution in [3.8, 4) is 5.75 Å². The van der Waals surface area contributed by atoms with Crippen molar-refractivity contribution in [1.82, 2.24) is 4.90 Å². The highest BCUT2D eigenvalue weighted by atomic mass is 19.1. The largest absolute Gasteiger partial charge is 0.507 e. The molecule has 116 valence electrons. The summed E-state index contributed by atoms with van der Waals surface area (Å²) >= 11 is 0. The molecule has 1 amide bonds. The number of carbonyl (C=O) groups is 1. The fourth-order valence-electron chi connectivity index (χ4n) is 2.54. The molecule has 0 aliphatic rings. The van der Waals surface area contributed by atoms with Gasteiger partial charge in [0.15, 0.2) is 0 Å². The molecule has 0 radical (unpaired) electrons. The van der Waals surface area contributed by atoms with Crippen molar-refractivity contribution in [1.29, 1.82) is 0 Å². The van der Waals surface area contributed by atoms with Crippen LogP contribution >= 0.6 is 0 Å². The Hall–Kier alpha value is -2.88. The van der Waals surface area contributed by atoms with Gasteiger partial charge in [0, 0.05) is 13.6 Å². The van der Waals surface area contributed by atoms with Gasteiger partial charge in [0.25, 0.3) is 5.91 Å². The average molecular weight is 309 g/mol. The molecule has 3 nitrogen and oxygen atoms in total. The average Bonchev–Trinajstić information content (AvgIpc) is 2.55. The third kappa shape index (κ3) is 3.16. The van der Waals surface area contributed by atoms with Crippen LogP contribution in [0.5, 0.6) is 5.75 Å². The third-order valence-corrected chi connectivity index (χ3v) is 3.77. The Morgan fingerprint density at radius 1 is 1.04 bits per heavy atom. The lowest BCUT2D eigenvalue weighted by atomic mass is 10.0. The van der Waals surface area contributed by atoms with Crippen LogP contribution in [-0.4, -0.2) is 23.0 Å². The lowest BCUT2D eigenvalue weighted by Crippen LogP contribution is -2.26. The van der Waals surface area contributed by atoms with Crippen LogP contribution in [0.3, 0.4) is 0 Å². The van der Waals surface area contributed by atoms with Gasteiger partial charge in [-0.05, 0) is 40.6 Å². The van der Waals surface area contributed by atoms with Crippen molar-refractivity contribution in [2.75, 3.05) is 7.05 Å². The number of fused-ring (bicyclic) bond motifs is 1. The molecule has 1 N–H and O–H groups in total. The zero-order chi connectivity index (χ0) is 16.4. The molecule has 0 fully saturated rings. The summed E-state index contributed by atoms with van der Waals surface area (Å²) in [4.78, 5) is 14.1. The molecule has 3 rings (SSSR count). The number of aromatic hydroxyl groups is 1. The summed E-state index contributed by atoms with van der Waals surface area (Å²) in [6, 6.07) is 16.8. The van der Waals surface area contributed by atoms with Gasteiger partial charge < -0.3 is 10.0 Å². The number of hydrogen-bond donors (Lipinski definition) is 1. The molecule has 23 heavy (non-hydrogen) atoms. The number of carbonyl (C=O) groups excluding carboxylic acids is 1. The Morgan fingerprint density at radius 3 is 2.30 bits per heavy atom. The van der Waals surface area contributed by atoms with Crippen molar-refractivity contribution in [2.45, 2.75) is 6.54 Å². The van der Waals surface area contributed by atoms with Gasteiger partial charge in [-0.25, -0.2) is 4.39 Å². The zero-order valence-electron chi connectivity index (χ0n) is 12.7. The number of phenolic OH excluding ortho intramolecular Hbond substituents is 1. The molecule has 4 heteroatoms. The first-order chi connectivity index (χ1) is 11.0. The molecule has 0 heterocycles. The molecule has 0 saturated heterocycles. The molecule has 0 spiro atoms. The second kappa shape index (κ2) is 6.08. The van der Waals surface area contributed by atoms with Gasteiger partial charge >= 0.3 is 0 Å². The molecular formula is C19H16FNO2. The van der Waals surface area contributed by atoms with Crippen LogP contribution in [0.2, 0.25) is 0 Å². The van der Waals surface area contributed by atoms with Crippen molar-refractivity contribution in [3.05, 3.63) is 77.6 Å². The highest BCUT2D eigenvalue weighted by molar-refractivity contribution is 6.01. The quantitative estimate of drug-likeness (QED) is 0.795. The van der Waals surface area contributed by atoms with E-state index in [1.807, 2.05) is 24.3 Å². The van der Waals surface area contributed by atoms with E-state index < -0.39 is 0 Å². The fourth-order valence-corrected chi connectivity index (χ4v) is 2.54. The van der Waals surface area contributed by atoms with Crippen LogP contribution < -0.4 is 0 Å². The van der Waals surface area contributed by atoms with Crippen molar-refractivity contribution in [3.63, 3.8) is 0 Å². The van der Waals surface area contributed by atoms with Gasteiger partial charge in [-0.2, -0.15) is 0 Å². The van der Waals surface area contributed by atoms with E-state index in [1.165, 1.54) is 17.0 Å². The summed E-state index contributed by atoms with van der Waals surface area (Å²) in [5, 5.41) is 11.9. The number of halogens is 1. The Balaban J connectivity index is 1.87. The highest BCUT2D eigenvalue weighted by Crippen LogP contribution is 2.26. The lowest BCUT2D eigenvalue weighted by Gasteiger charge is -2.18. The smallest absolute Gasteiger partial charge is 0.257 e. The molecule has 0 bridgehead atoms. The summed E-state index contributed by atoms with van der Waals surface area (Å²) < 4.78 is 12.9. The van der Waals surface area contributed by atoms with E-state index in [-0.39, 0.29) is 23.0 Å². The Bertz CT molecular complexity index is 859. The van der Waals surface area contributed by atoms with E-state index >= 15 is 0 Å². The van der Waals surface area contributed by atoms with Crippen LogP contribution in [0.15, 0.2) is 60.7 Å². The van der Waals surface area contributed by atoms with E-state index in [1.54, 1.807) is 31.3 Å². The summed E-state index contributed by atoms with van der Waals surface area (Å²) in [5.41, 5.74) is 1.08. The predicted molar refractivity (Wildman–Crippen MR) is 87.8 cm³/mol. The van der Waals surface area contributed by atoms with Crippen molar-refractivity contribution >= 4 is 16.7 Å². The topological polar surface area (TPSA) is 40.5 Å². The van der Waals surface area contributed by atoms with Gasteiger partial charge in [-0.1, -0.05) is 36.4 Å². The van der Waals surface area contributed by atoms with Crippen LogP contribution in [-0.2, 0) is 6.54 Å². The van der Waals surface area contributed by atoms with E-state index in [2.05, 4.69) is 0 Å². The Labute approximate surface area is 133 Å². The van der Waals surface area contributed by atoms with E-state index in [9.17, 15) is 14.3 Å². The standard InChI is InChI=1S/C19H16FNO2/c1-21(12-13-6-8-16(20)9-7-13)19(23)17-10-14-4-2-3-5-15(14)11-18(17)22/h2-11,22H,12H2,1H3. The highest BCUT2D eigenvalue weighted by Gasteiger charge is 2.17. The molecule has 0 saturated carbocycles. The minimum Gasteiger partial charge on any atom is -0.507 e. The molecule has 0 aliphatic carbocycles. The molecular weight excluding hydrogens is 293 g/mol. The van der Waals surface area contributed by atoms with E-state index in [0.717, 1.165) is 16.3 Å². The molecule has 3 aromatic rings. The monoisotopic (exact) mass is 309 g/mol. The van der Waals surface area contributed by atoms with Crippen LogP contribution in [0.1, 0.15) is 15.9 Å². The second-order valence-corrected chi connectivity index (χ2v) is 5.50. The van der Waals surface area contributed by atoms with Gasteiger partial charge in [0.1, 0.15) is 11.6 Å². The second-order valence-electron chi connectivity index (χ2n) is 5.50. The van der Waals surface area contributed by atoms with E-state index in [4.69, 9.17) is 0 Å². The van der Waals surface area contributed by atoms with Crippen LogP contribution in [0, 0.1) is 5.82 Å². The minimum atomic E-state index is -0.310. The summed E-state index contributed by atoms with van der Waals surface area (Å²) in [6.45, 7) is 0.339. The molecule has 0 aromatic heterocycles. The SMILES string of the molecule is CN(Cc1ccc(F)cc1)C(=O)c1cc2ccccc2cc1O. The number of benzene rings is 3. The predicted octanol–water partition coefficient (Wildman–Crippen LogP) is 3.96. The maximum atomic E-state index is 12.9. The Kier molecular flexibility index (Phi) is 3.98. The number of amides is 1. The number of hydrogen-bond acceptors (Lipinski definition) is 2. The van der Waals surface area contributed by atoms with Gasteiger partial charge in [-0.15, -0.1) is 0 Å². The first-order valence-electron chi connectivity index (χ1n) is 7.26. The number of phenols is 1. The Morgan fingerprint density at radius 2 is 1.65 bits per heavy atom. The number of nitrogens with zero attached hydrogens (tertiary/aromatic N) is 1. The van der Waals surface area contributed by atoms with Crippen molar-refractivity contribution in [2.24, 2.45) is 0 Å². The van der Waals surface area contributed by atoms with Crippen molar-refractivity contribution < 1.29 is 14.3 Å². The molecule has 0 unspecified atom stereocenters. The van der Waals surface area contributed by atoms with Crippen LogP contribution in [0.4, 0.5) is 4.39 Å². The maximum absolute atomic E-state index is 12.9.